The molecule has 0 aliphatic rings. The predicted octanol–water partition coefficient (Wildman–Crippen LogP) is 3.14. The monoisotopic (exact) mass is 272 g/mol. The van der Waals surface area contributed by atoms with Gasteiger partial charge < -0.3 is 0 Å². The summed E-state index contributed by atoms with van der Waals surface area (Å²) in [7, 11) is 0. The molecule has 0 aliphatic heterocycles. The summed E-state index contributed by atoms with van der Waals surface area (Å²) in [5, 5.41) is 0. The largest absolute Gasteiger partial charge is 0.271 e. The third kappa shape index (κ3) is 4.15. The van der Waals surface area contributed by atoms with Crippen LogP contribution in [0.15, 0.2) is 48.5 Å². The number of hydrazine groups is 1. The number of benzene rings is 2. The van der Waals surface area contributed by atoms with Crippen LogP contribution >= 0.6 is 0 Å². The molecule has 0 saturated heterocycles. The summed E-state index contributed by atoms with van der Waals surface area (Å²) >= 11 is 0. The molecule has 2 rings (SSSR count). The summed E-state index contributed by atoms with van der Waals surface area (Å²) in [6.45, 7) is 1.93. The number of hydrogen-bond acceptors (Lipinski definition) is 2. The first-order valence-electron chi connectivity index (χ1n) is 6.94. The lowest BCUT2D eigenvalue weighted by atomic mass is 9.97. The minimum atomic E-state index is -0.187. The molecule has 0 amide bonds. The van der Waals surface area contributed by atoms with E-state index < -0.39 is 0 Å². The van der Waals surface area contributed by atoms with Crippen LogP contribution in [0.1, 0.15) is 23.1 Å². The highest BCUT2D eigenvalue weighted by Crippen LogP contribution is 2.14. The first-order valence-corrected chi connectivity index (χ1v) is 6.94. The van der Waals surface area contributed by atoms with Gasteiger partial charge in [0.2, 0.25) is 0 Å². The molecule has 1 unspecified atom stereocenters. The molecule has 0 aliphatic carbocycles. The van der Waals surface area contributed by atoms with Crippen molar-refractivity contribution in [1.29, 1.82) is 0 Å². The van der Waals surface area contributed by atoms with Crippen LogP contribution in [0.25, 0.3) is 0 Å². The number of rotatable bonds is 6. The molecule has 0 heterocycles. The summed E-state index contributed by atoms with van der Waals surface area (Å²) in [5.74, 6) is 5.45. The predicted molar refractivity (Wildman–Crippen MR) is 80.7 cm³/mol. The Bertz CT molecular complexity index is 540. The van der Waals surface area contributed by atoms with Gasteiger partial charge in [-0.1, -0.05) is 36.4 Å². The first-order chi connectivity index (χ1) is 9.69. The fraction of sp³-hybridized carbons (Fsp3) is 0.294. The summed E-state index contributed by atoms with van der Waals surface area (Å²) in [4.78, 5) is 0. The van der Waals surface area contributed by atoms with Crippen molar-refractivity contribution in [2.24, 2.45) is 5.84 Å². The number of aryl methyl sites for hydroxylation is 2. The third-order valence-electron chi connectivity index (χ3n) is 3.63. The van der Waals surface area contributed by atoms with Gasteiger partial charge in [0.1, 0.15) is 5.82 Å². The van der Waals surface area contributed by atoms with E-state index in [9.17, 15) is 4.39 Å². The first kappa shape index (κ1) is 14.7. The Morgan fingerprint density at radius 1 is 1.15 bits per heavy atom. The molecule has 3 N–H and O–H groups in total. The van der Waals surface area contributed by atoms with Crippen LogP contribution < -0.4 is 11.3 Å². The Balaban J connectivity index is 1.95. The van der Waals surface area contributed by atoms with E-state index in [2.05, 4.69) is 17.6 Å². The number of nitrogens with one attached hydrogen (secondary N) is 1. The van der Waals surface area contributed by atoms with Crippen LogP contribution in [-0.4, -0.2) is 6.04 Å². The highest BCUT2D eigenvalue weighted by molar-refractivity contribution is 5.27. The molecule has 0 bridgehead atoms. The van der Waals surface area contributed by atoms with Crippen molar-refractivity contribution in [3.63, 3.8) is 0 Å². The normalized spacial score (nSPS) is 12.3. The van der Waals surface area contributed by atoms with Crippen molar-refractivity contribution in [2.45, 2.75) is 32.2 Å². The molecule has 3 heteroatoms. The van der Waals surface area contributed by atoms with Crippen molar-refractivity contribution in [2.75, 3.05) is 0 Å². The molecule has 2 aromatic rings. The second-order valence-corrected chi connectivity index (χ2v) is 5.16. The van der Waals surface area contributed by atoms with E-state index in [0.717, 1.165) is 30.4 Å². The van der Waals surface area contributed by atoms with Gasteiger partial charge in [-0.15, -0.1) is 0 Å². The van der Waals surface area contributed by atoms with Crippen LogP contribution in [-0.2, 0) is 12.8 Å². The molecule has 1 atom stereocenters. The molecule has 20 heavy (non-hydrogen) atoms. The fourth-order valence-electron chi connectivity index (χ4n) is 2.38. The Kier molecular flexibility index (Phi) is 5.27. The maximum absolute atomic E-state index is 13.1. The topological polar surface area (TPSA) is 38.0 Å². The minimum Gasteiger partial charge on any atom is -0.271 e. The quantitative estimate of drug-likeness (QED) is 0.626. The molecular formula is C17H21FN2. The van der Waals surface area contributed by atoms with Gasteiger partial charge in [-0.25, -0.2) is 4.39 Å². The molecule has 2 aromatic carbocycles. The van der Waals surface area contributed by atoms with Crippen molar-refractivity contribution in [3.8, 4) is 0 Å². The SMILES string of the molecule is Cc1cc(F)ccc1CC(CCc1ccccc1)NN. The standard InChI is InChI=1S/C17H21FN2/c1-13-11-16(18)9-8-15(13)12-17(20-19)10-7-14-5-3-2-4-6-14/h2-6,8-9,11,17,20H,7,10,12,19H2,1H3. The van der Waals surface area contributed by atoms with E-state index in [1.54, 1.807) is 6.07 Å². The van der Waals surface area contributed by atoms with Crippen LogP contribution in [0.2, 0.25) is 0 Å². The highest BCUT2D eigenvalue weighted by atomic mass is 19.1. The lowest BCUT2D eigenvalue weighted by Gasteiger charge is -2.17. The van der Waals surface area contributed by atoms with Crippen LogP contribution in [0.5, 0.6) is 0 Å². The average molecular weight is 272 g/mol. The lowest BCUT2D eigenvalue weighted by Crippen LogP contribution is -2.37. The number of nitrogens with two attached hydrogens (primary N) is 1. The summed E-state index contributed by atoms with van der Waals surface area (Å²) in [5.41, 5.74) is 6.30. The molecule has 0 aromatic heterocycles. The summed E-state index contributed by atoms with van der Waals surface area (Å²) in [6, 6.07) is 15.5. The van der Waals surface area contributed by atoms with Gasteiger partial charge in [0.25, 0.3) is 0 Å². The summed E-state index contributed by atoms with van der Waals surface area (Å²) in [6.07, 6.45) is 2.75. The van der Waals surface area contributed by atoms with Gasteiger partial charge in [0, 0.05) is 6.04 Å². The van der Waals surface area contributed by atoms with Crippen molar-refractivity contribution < 1.29 is 4.39 Å². The second-order valence-electron chi connectivity index (χ2n) is 5.16. The zero-order valence-electron chi connectivity index (χ0n) is 11.8. The average Bonchev–Trinajstić information content (AvgIpc) is 2.46. The summed E-state index contributed by atoms with van der Waals surface area (Å²) < 4.78 is 13.1. The molecular weight excluding hydrogens is 251 g/mol. The van der Waals surface area contributed by atoms with Gasteiger partial charge in [0.05, 0.1) is 0 Å². The second kappa shape index (κ2) is 7.17. The van der Waals surface area contributed by atoms with Gasteiger partial charge in [0.15, 0.2) is 0 Å². The van der Waals surface area contributed by atoms with Gasteiger partial charge in [-0.3, -0.25) is 11.3 Å². The molecule has 106 valence electrons. The van der Waals surface area contributed by atoms with E-state index in [1.165, 1.54) is 11.6 Å². The van der Waals surface area contributed by atoms with Crippen LogP contribution in [0, 0.1) is 12.7 Å². The number of hydrogen-bond donors (Lipinski definition) is 2. The molecule has 0 spiro atoms. The van der Waals surface area contributed by atoms with Crippen molar-refractivity contribution >= 4 is 0 Å². The fourth-order valence-corrected chi connectivity index (χ4v) is 2.38. The molecule has 0 radical (unpaired) electrons. The van der Waals surface area contributed by atoms with Gasteiger partial charge in [-0.2, -0.15) is 0 Å². The van der Waals surface area contributed by atoms with Crippen molar-refractivity contribution in [1.82, 2.24) is 5.43 Å². The third-order valence-corrected chi connectivity index (χ3v) is 3.63. The Labute approximate surface area is 119 Å². The smallest absolute Gasteiger partial charge is 0.123 e. The van der Waals surface area contributed by atoms with Crippen LogP contribution in [0.3, 0.4) is 0 Å². The number of halogens is 1. The van der Waals surface area contributed by atoms with E-state index in [0.29, 0.717) is 0 Å². The maximum Gasteiger partial charge on any atom is 0.123 e. The van der Waals surface area contributed by atoms with Gasteiger partial charge in [-0.05, 0) is 55.0 Å². The van der Waals surface area contributed by atoms with Gasteiger partial charge >= 0.3 is 0 Å². The Morgan fingerprint density at radius 2 is 1.90 bits per heavy atom. The van der Waals surface area contributed by atoms with E-state index in [1.807, 2.05) is 31.2 Å². The van der Waals surface area contributed by atoms with E-state index in [4.69, 9.17) is 5.84 Å². The Morgan fingerprint density at radius 3 is 2.55 bits per heavy atom. The minimum absolute atomic E-state index is 0.187. The maximum atomic E-state index is 13.1. The highest BCUT2D eigenvalue weighted by Gasteiger charge is 2.10. The lowest BCUT2D eigenvalue weighted by molar-refractivity contribution is 0.490. The molecule has 0 fully saturated rings. The van der Waals surface area contributed by atoms with E-state index >= 15 is 0 Å². The zero-order valence-corrected chi connectivity index (χ0v) is 11.8. The Hall–Kier alpha value is -1.71. The molecule has 0 saturated carbocycles. The molecule has 2 nitrogen and oxygen atoms in total. The van der Waals surface area contributed by atoms with Crippen LogP contribution in [0.4, 0.5) is 4.39 Å². The van der Waals surface area contributed by atoms with E-state index in [-0.39, 0.29) is 11.9 Å². The van der Waals surface area contributed by atoms with Crippen molar-refractivity contribution in [3.05, 3.63) is 71.0 Å². The zero-order chi connectivity index (χ0) is 14.4.